The molecule has 2 unspecified atom stereocenters. The van der Waals surface area contributed by atoms with Crippen molar-refractivity contribution in [1.82, 2.24) is 10.2 Å². The molecule has 0 saturated carbocycles. The largest absolute Gasteiger partial charge is 0.316 e. The summed E-state index contributed by atoms with van der Waals surface area (Å²) in [6, 6.07) is 0.836. The summed E-state index contributed by atoms with van der Waals surface area (Å²) in [7, 11) is 0. The van der Waals surface area contributed by atoms with E-state index >= 15 is 0 Å². The molecule has 2 heteroatoms. The first kappa shape index (κ1) is 15.0. The lowest BCUT2D eigenvalue weighted by atomic mass is 10.0. The first-order valence-electron chi connectivity index (χ1n) is 7.45. The first-order valence-corrected chi connectivity index (χ1v) is 7.45. The molecule has 0 aromatic heterocycles. The number of likely N-dealkylation sites (tertiary alicyclic amines) is 1. The molecule has 1 aliphatic rings. The van der Waals surface area contributed by atoms with Crippen LogP contribution < -0.4 is 5.32 Å². The van der Waals surface area contributed by atoms with Crippen molar-refractivity contribution < 1.29 is 0 Å². The average Bonchev–Trinajstić information content (AvgIpc) is 2.65. The molecular weight excluding hydrogens is 208 g/mol. The highest BCUT2D eigenvalue weighted by Gasteiger charge is 2.27. The van der Waals surface area contributed by atoms with Crippen LogP contribution in [-0.4, -0.2) is 37.1 Å². The molecule has 2 atom stereocenters. The van der Waals surface area contributed by atoms with Crippen LogP contribution in [0.4, 0.5) is 0 Å². The molecule has 0 bridgehead atoms. The molecule has 0 radical (unpaired) electrons. The SMILES string of the molecule is CC(C)CNCC(C)CN1CCCC1C(C)C. The maximum absolute atomic E-state index is 3.58. The quantitative estimate of drug-likeness (QED) is 0.736. The minimum atomic E-state index is 0.761. The molecular formula is C15H32N2. The predicted molar refractivity (Wildman–Crippen MR) is 76.3 cm³/mol. The monoisotopic (exact) mass is 240 g/mol. The summed E-state index contributed by atoms with van der Waals surface area (Å²) < 4.78 is 0. The van der Waals surface area contributed by atoms with Gasteiger partial charge in [-0.2, -0.15) is 0 Å². The zero-order valence-electron chi connectivity index (χ0n) is 12.5. The Labute approximate surface area is 108 Å². The Morgan fingerprint density at radius 3 is 2.41 bits per heavy atom. The molecule has 0 aromatic rings. The fourth-order valence-corrected chi connectivity index (χ4v) is 2.92. The Morgan fingerprint density at radius 1 is 1.12 bits per heavy atom. The van der Waals surface area contributed by atoms with Gasteiger partial charge < -0.3 is 5.32 Å². The highest BCUT2D eigenvalue weighted by atomic mass is 15.2. The van der Waals surface area contributed by atoms with E-state index in [4.69, 9.17) is 0 Å². The molecule has 0 aliphatic carbocycles. The van der Waals surface area contributed by atoms with Gasteiger partial charge in [-0.1, -0.05) is 34.6 Å². The Kier molecular flexibility index (Phi) is 6.50. The first-order chi connectivity index (χ1) is 8.00. The maximum Gasteiger partial charge on any atom is 0.0119 e. The second kappa shape index (κ2) is 7.38. The molecule has 1 aliphatic heterocycles. The topological polar surface area (TPSA) is 15.3 Å². The van der Waals surface area contributed by atoms with Crippen LogP contribution in [0.3, 0.4) is 0 Å². The van der Waals surface area contributed by atoms with Gasteiger partial charge in [-0.15, -0.1) is 0 Å². The van der Waals surface area contributed by atoms with Crippen molar-refractivity contribution in [3.8, 4) is 0 Å². The smallest absolute Gasteiger partial charge is 0.0119 e. The minimum absolute atomic E-state index is 0.761. The zero-order chi connectivity index (χ0) is 12.8. The highest BCUT2D eigenvalue weighted by Crippen LogP contribution is 2.24. The predicted octanol–water partition coefficient (Wildman–Crippen LogP) is 2.99. The molecule has 1 saturated heterocycles. The van der Waals surface area contributed by atoms with E-state index in [1.165, 1.54) is 32.5 Å². The van der Waals surface area contributed by atoms with Crippen molar-refractivity contribution in [3.63, 3.8) is 0 Å². The second-order valence-corrected chi connectivity index (χ2v) is 6.61. The van der Waals surface area contributed by atoms with Crippen LogP contribution >= 0.6 is 0 Å². The van der Waals surface area contributed by atoms with Gasteiger partial charge in [-0.25, -0.2) is 0 Å². The summed E-state index contributed by atoms with van der Waals surface area (Å²) in [5.41, 5.74) is 0. The molecule has 1 heterocycles. The molecule has 0 spiro atoms. The van der Waals surface area contributed by atoms with Crippen molar-refractivity contribution in [2.45, 2.75) is 53.5 Å². The molecule has 1 fully saturated rings. The fourth-order valence-electron chi connectivity index (χ4n) is 2.92. The molecule has 0 aromatic carbocycles. The Bertz CT molecular complexity index is 201. The average molecular weight is 240 g/mol. The van der Waals surface area contributed by atoms with Gasteiger partial charge in [0.05, 0.1) is 0 Å². The maximum atomic E-state index is 3.58. The lowest BCUT2D eigenvalue weighted by Gasteiger charge is -2.30. The number of hydrogen-bond acceptors (Lipinski definition) is 2. The minimum Gasteiger partial charge on any atom is -0.316 e. The third-order valence-electron chi connectivity index (χ3n) is 3.78. The summed E-state index contributed by atoms with van der Waals surface area (Å²) >= 11 is 0. The van der Waals surface area contributed by atoms with E-state index in [1.54, 1.807) is 0 Å². The summed E-state index contributed by atoms with van der Waals surface area (Å²) in [5.74, 6) is 2.35. The van der Waals surface area contributed by atoms with Gasteiger partial charge in [0.15, 0.2) is 0 Å². The lowest BCUT2D eigenvalue weighted by molar-refractivity contribution is 0.180. The lowest BCUT2D eigenvalue weighted by Crippen LogP contribution is -2.39. The van der Waals surface area contributed by atoms with Gasteiger partial charge >= 0.3 is 0 Å². The van der Waals surface area contributed by atoms with Gasteiger partial charge in [-0.3, -0.25) is 4.90 Å². The van der Waals surface area contributed by atoms with E-state index in [9.17, 15) is 0 Å². The molecule has 0 amide bonds. The van der Waals surface area contributed by atoms with E-state index in [0.29, 0.717) is 0 Å². The van der Waals surface area contributed by atoms with Crippen LogP contribution in [0.25, 0.3) is 0 Å². The third-order valence-corrected chi connectivity index (χ3v) is 3.78. The van der Waals surface area contributed by atoms with Crippen LogP contribution in [0.15, 0.2) is 0 Å². The molecule has 2 nitrogen and oxygen atoms in total. The van der Waals surface area contributed by atoms with Crippen LogP contribution in [0.1, 0.15) is 47.5 Å². The summed E-state index contributed by atoms with van der Waals surface area (Å²) in [5, 5.41) is 3.58. The van der Waals surface area contributed by atoms with Crippen LogP contribution in [0, 0.1) is 17.8 Å². The zero-order valence-corrected chi connectivity index (χ0v) is 12.5. The van der Waals surface area contributed by atoms with Gasteiger partial charge in [0, 0.05) is 12.6 Å². The summed E-state index contributed by atoms with van der Waals surface area (Å²) in [4.78, 5) is 2.71. The Morgan fingerprint density at radius 2 is 1.82 bits per heavy atom. The van der Waals surface area contributed by atoms with Crippen LogP contribution in [0.2, 0.25) is 0 Å². The van der Waals surface area contributed by atoms with Crippen LogP contribution in [-0.2, 0) is 0 Å². The summed E-state index contributed by atoms with van der Waals surface area (Å²) in [6.45, 7) is 16.6. The van der Waals surface area contributed by atoms with Crippen molar-refractivity contribution in [1.29, 1.82) is 0 Å². The van der Waals surface area contributed by atoms with E-state index in [0.717, 1.165) is 30.3 Å². The number of hydrogen-bond donors (Lipinski definition) is 1. The molecule has 1 rings (SSSR count). The second-order valence-electron chi connectivity index (χ2n) is 6.61. The number of nitrogens with one attached hydrogen (secondary N) is 1. The van der Waals surface area contributed by atoms with Crippen LogP contribution in [0.5, 0.6) is 0 Å². The van der Waals surface area contributed by atoms with E-state index in [2.05, 4.69) is 44.8 Å². The van der Waals surface area contributed by atoms with Gasteiger partial charge in [0.25, 0.3) is 0 Å². The van der Waals surface area contributed by atoms with E-state index in [-0.39, 0.29) is 0 Å². The van der Waals surface area contributed by atoms with Crippen molar-refractivity contribution in [3.05, 3.63) is 0 Å². The molecule has 102 valence electrons. The fraction of sp³-hybridized carbons (Fsp3) is 1.00. The van der Waals surface area contributed by atoms with Crippen molar-refractivity contribution in [2.75, 3.05) is 26.2 Å². The van der Waals surface area contributed by atoms with E-state index in [1.807, 2.05) is 0 Å². The van der Waals surface area contributed by atoms with Gasteiger partial charge in [0.1, 0.15) is 0 Å². The van der Waals surface area contributed by atoms with Crippen molar-refractivity contribution >= 4 is 0 Å². The highest BCUT2D eigenvalue weighted by molar-refractivity contribution is 4.82. The number of rotatable bonds is 7. The Balaban J connectivity index is 2.23. The standard InChI is InChI=1S/C15H32N2/c1-12(2)9-16-10-14(5)11-17-8-6-7-15(17)13(3)4/h12-16H,6-11H2,1-5H3. The normalized spacial score (nSPS) is 23.8. The van der Waals surface area contributed by atoms with Gasteiger partial charge in [0.2, 0.25) is 0 Å². The van der Waals surface area contributed by atoms with Gasteiger partial charge in [-0.05, 0) is 50.2 Å². The van der Waals surface area contributed by atoms with E-state index < -0.39 is 0 Å². The number of nitrogens with zero attached hydrogens (tertiary/aromatic N) is 1. The molecule has 17 heavy (non-hydrogen) atoms. The summed E-state index contributed by atoms with van der Waals surface area (Å²) in [6.07, 6.45) is 2.80. The molecule has 1 N–H and O–H groups in total. The van der Waals surface area contributed by atoms with Crippen molar-refractivity contribution in [2.24, 2.45) is 17.8 Å². The third kappa shape index (κ3) is 5.39. The Hall–Kier alpha value is -0.0800.